The molecule has 1 aromatic rings. The van der Waals surface area contributed by atoms with Crippen LogP contribution in [-0.4, -0.2) is 37.4 Å². The molecule has 1 fully saturated rings. The zero-order valence-corrected chi connectivity index (χ0v) is 16.4. The lowest BCUT2D eigenvalue weighted by Gasteiger charge is -2.38. The minimum atomic E-state index is -0.821. The van der Waals surface area contributed by atoms with Crippen LogP contribution in [0.3, 0.4) is 0 Å². The molecule has 1 atom stereocenters. The molecule has 0 bridgehead atoms. The first-order valence-corrected chi connectivity index (χ1v) is 9.79. The second kappa shape index (κ2) is 9.81. The van der Waals surface area contributed by atoms with E-state index in [1.807, 2.05) is 12.1 Å². The Bertz CT molecular complexity index is 583. The van der Waals surface area contributed by atoms with Gasteiger partial charge in [-0.25, -0.2) is 0 Å². The molecule has 0 amide bonds. The number of rotatable bonds is 9. The normalized spacial score (nSPS) is 16.6. The number of ether oxygens (including phenoxy) is 1. The van der Waals surface area contributed by atoms with Crippen molar-refractivity contribution >= 4 is 17.3 Å². The highest BCUT2D eigenvalue weighted by Gasteiger charge is 2.24. The van der Waals surface area contributed by atoms with Gasteiger partial charge in [0.1, 0.15) is 0 Å². The van der Waals surface area contributed by atoms with Gasteiger partial charge in [0.25, 0.3) is 0 Å². The molecule has 0 radical (unpaired) electrons. The van der Waals surface area contributed by atoms with E-state index < -0.39 is 5.97 Å². The maximum Gasteiger partial charge on any atom is 0.304 e. The van der Waals surface area contributed by atoms with Gasteiger partial charge in [0.2, 0.25) is 0 Å². The number of benzene rings is 1. The second-order valence-electron chi connectivity index (χ2n) is 7.91. The lowest BCUT2D eigenvalue weighted by Crippen LogP contribution is -2.39. The fraction of sp³-hybridized carbons (Fsp3) is 0.667. The van der Waals surface area contributed by atoms with Crippen LogP contribution >= 0.6 is 0 Å². The maximum atomic E-state index is 11.2. The molecule has 1 aromatic carbocycles. The summed E-state index contributed by atoms with van der Waals surface area (Å²) in [6.07, 6.45) is 6.38. The highest BCUT2D eigenvalue weighted by atomic mass is 16.5. The fourth-order valence-corrected chi connectivity index (χ4v) is 4.00. The molecule has 5 heteroatoms. The first kappa shape index (κ1) is 20.6. The predicted molar refractivity (Wildman–Crippen MR) is 107 cm³/mol. The van der Waals surface area contributed by atoms with Gasteiger partial charge in [-0.1, -0.05) is 39.2 Å². The molecule has 3 N–H and O–H groups in total. The molecule has 2 rings (SSSR count). The largest absolute Gasteiger partial charge is 0.481 e. The number of carboxylic acids is 1. The van der Waals surface area contributed by atoms with E-state index >= 15 is 0 Å². The number of nitrogen functional groups attached to an aromatic ring is 1. The van der Waals surface area contributed by atoms with Crippen molar-refractivity contribution in [3.63, 3.8) is 0 Å². The standard InChI is InChI=1S/C21H34N2O3/c1-15(2)13-23(18-7-5-4-6-8-18)20-10-9-16(11-19(20)22)17(14-26-3)12-21(24)25/h9-11,15,17-18H,4-8,12-14,22H2,1-3H3,(H,24,25). The Morgan fingerprint density at radius 1 is 1.31 bits per heavy atom. The number of anilines is 2. The lowest BCUT2D eigenvalue weighted by atomic mass is 9.92. The van der Waals surface area contributed by atoms with Gasteiger partial charge >= 0.3 is 5.97 Å². The van der Waals surface area contributed by atoms with Crippen LogP contribution in [0.2, 0.25) is 0 Å². The van der Waals surface area contributed by atoms with Crippen LogP contribution in [0.25, 0.3) is 0 Å². The molecule has 0 heterocycles. The Morgan fingerprint density at radius 2 is 2.00 bits per heavy atom. The van der Waals surface area contributed by atoms with Crippen molar-refractivity contribution in [1.82, 2.24) is 0 Å². The van der Waals surface area contributed by atoms with Crippen LogP contribution in [0.4, 0.5) is 11.4 Å². The molecule has 26 heavy (non-hydrogen) atoms. The fourth-order valence-electron chi connectivity index (χ4n) is 4.00. The molecule has 1 aliphatic carbocycles. The summed E-state index contributed by atoms with van der Waals surface area (Å²) in [6.45, 7) is 5.85. The predicted octanol–water partition coefficient (Wildman–Crippen LogP) is 4.27. The van der Waals surface area contributed by atoms with Crippen molar-refractivity contribution < 1.29 is 14.6 Å². The minimum Gasteiger partial charge on any atom is -0.481 e. The van der Waals surface area contributed by atoms with Gasteiger partial charge in [0.05, 0.1) is 24.4 Å². The van der Waals surface area contributed by atoms with Crippen molar-refractivity contribution in [2.45, 2.75) is 64.3 Å². The number of carbonyl (C=O) groups is 1. The van der Waals surface area contributed by atoms with E-state index in [9.17, 15) is 4.79 Å². The molecular weight excluding hydrogens is 328 g/mol. The van der Waals surface area contributed by atoms with E-state index in [4.69, 9.17) is 15.6 Å². The minimum absolute atomic E-state index is 0.0466. The summed E-state index contributed by atoms with van der Waals surface area (Å²) in [5.41, 5.74) is 9.19. The van der Waals surface area contributed by atoms with Crippen molar-refractivity contribution in [3.8, 4) is 0 Å². The number of aliphatic carboxylic acids is 1. The summed E-state index contributed by atoms with van der Waals surface area (Å²) >= 11 is 0. The first-order valence-electron chi connectivity index (χ1n) is 9.79. The third-order valence-corrected chi connectivity index (χ3v) is 5.20. The summed E-state index contributed by atoms with van der Waals surface area (Å²) in [4.78, 5) is 13.6. The van der Waals surface area contributed by atoms with Crippen molar-refractivity contribution in [2.24, 2.45) is 5.92 Å². The van der Waals surface area contributed by atoms with Gasteiger partial charge in [-0.3, -0.25) is 4.79 Å². The highest BCUT2D eigenvalue weighted by molar-refractivity contribution is 5.71. The molecule has 0 saturated heterocycles. The van der Waals surface area contributed by atoms with E-state index in [1.165, 1.54) is 32.1 Å². The summed E-state index contributed by atoms with van der Waals surface area (Å²) in [5.74, 6) is -0.440. The van der Waals surface area contributed by atoms with Gasteiger partial charge in [-0.05, 0) is 36.5 Å². The molecular formula is C21H34N2O3. The molecule has 146 valence electrons. The van der Waals surface area contributed by atoms with Crippen LogP contribution in [0.5, 0.6) is 0 Å². The Balaban J connectivity index is 2.27. The van der Waals surface area contributed by atoms with Crippen LogP contribution in [0.15, 0.2) is 18.2 Å². The van der Waals surface area contributed by atoms with Crippen LogP contribution < -0.4 is 10.6 Å². The second-order valence-corrected chi connectivity index (χ2v) is 7.91. The Morgan fingerprint density at radius 3 is 2.54 bits per heavy atom. The van der Waals surface area contributed by atoms with Gasteiger partial charge < -0.3 is 20.5 Å². The molecule has 1 aliphatic rings. The Kier molecular flexibility index (Phi) is 7.76. The summed E-state index contributed by atoms with van der Waals surface area (Å²) < 4.78 is 5.21. The Hall–Kier alpha value is -1.75. The summed E-state index contributed by atoms with van der Waals surface area (Å²) in [5, 5.41) is 9.16. The number of carboxylic acid groups (broad SMARTS) is 1. The number of hydrogen-bond donors (Lipinski definition) is 2. The smallest absolute Gasteiger partial charge is 0.304 e. The van der Waals surface area contributed by atoms with Gasteiger partial charge in [-0.2, -0.15) is 0 Å². The van der Waals surface area contributed by atoms with Crippen LogP contribution in [-0.2, 0) is 9.53 Å². The highest BCUT2D eigenvalue weighted by Crippen LogP contribution is 2.34. The average Bonchev–Trinajstić information content (AvgIpc) is 2.60. The first-order chi connectivity index (χ1) is 12.4. The van der Waals surface area contributed by atoms with Crippen molar-refractivity contribution in [1.29, 1.82) is 0 Å². The van der Waals surface area contributed by atoms with Crippen LogP contribution in [0.1, 0.15) is 63.9 Å². The summed E-state index contributed by atoms with van der Waals surface area (Å²) in [7, 11) is 1.60. The summed E-state index contributed by atoms with van der Waals surface area (Å²) in [6, 6.07) is 6.59. The molecule has 0 spiro atoms. The monoisotopic (exact) mass is 362 g/mol. The number of nitrogens with zero attached hydrogens (tertiary/aromatic N) is 1. The van der Waals surface area contributed by atoms with Crippen molar-refractivity contribution in [3.05, 3.63) is 23.8 Å². The topological polar surface area (TPSA) is 75.8 Å². The Labute approximate surface area is 157 Å². The third-order valence-electron chi connectivity index (χ3n) is 5.20. The number of nitrogens with two attached hydrogens (primary N) is 1. The van der Waals surface area contributed by atoms with Gasteiger partial charge in [0.15, 0.2) is 0 Å². The van der Waals surface area contributed by atoms with Gasteiger partial charge in [-0.15, -0.1) is 0 Å². The van der Waals surface area contributed by atoms with Crippen molar-refractivity contribution in [2.75, 3.05) is 30.9 Å². The zero-order chi connectivity index (χ0) is 19.1. The quantitative estimate of drug-likeness (QED) is 0.642. The average molecular weight is 363 g/mol. The van der Waals surface area contributed by atoms with E-state index in [0.29, 0.717) is 18.6 Å². The third kappa shape index (κ3) is 5.63. The van der Waals surface area contributed by atoms with E-state index in [1.54, 1.807) is 7.11 Å². The molecule has 5 nitrogen and oxygen atoms in total. The van der Waals surface area contributed by atoms with E-state index in [-0.39, 0.29) is 12.3 Å². The molecule has 0 aromatic heterocycles. The molecule has 1 saturated carbocycles. The molecule has 0 aliphatic heterocycles. The molecule has 1 unspecified atom stereocenters. The zero-order valence-electron chi connectivity index (χ0n) is 16.4. The van der Waals surface area contributed by atoms with Gasteiger partial charge in [0, 0.05) is 25.6 Å². The SMILES string of the molecule is COCC(CC(=O)O)c1ccc(N(CC(C)C)C2CCCCC2)c(N)c1. The number of hydrogen-bond acceptors (Lipinski definition) is 4. The lowest BCUT2D eigenvalue weighted by molar-refractivity contribution is -0.137. The maximum absolute atomic E-state index is 11.2. The van der Waals surface area contributed by atoms with E-state index in [2.05, 4.69) is 24.8 Å². The van der Waals surface area contributed by atoms with Crippen LogP contribution in [0, 0.1) is 5.92 Å². The number of methoxy groups -OCH3 is 1. The van der Waals surface area contributed by atoms with E-state index in [0.717, 1.165) is 23.5 Å².